The Bertz CT molecular complexity index is 1410. The van der Waals surface area contributed by atoms with E-state index in [1.165, 1.54) is 23.1 Å². The van der Waals surface area contributed by atoms with Crippen molar-refractivity contribution >= 4 is 58.9 Å². The van der Waals surface area contributed by atoms with Gasteiger partial charge in [0.2, 0.25) is 5.91 Å². The molecule has 4 rings (SSSR count). The van der Waals surface area contributed by atoms with Crippen molar-refractivity contribution in [1.82, 2.24) is 25.8 Å². The summed E-state index contributed by atoms with van der Waals surface area (Å²) in [4.78, 5) is 59.4. The molecule has 4 atom stereocenters. The molecule has 1 saturated carbocycles. The lowest BCUT2D eigenvalue weighted by atomic mass is 9.83. The molecule has 4 N–H and O–H groups in total. The molecule has 1 saturated heterocycles. The third kappa shape index (κ3) is 15.3. The molecule has 2 heterocycles. The zero-order chi connectivity index (χ0) is 38.2. The minimum absolute atomic E-state index is 0.127. The van der Waals surface area contributed by atoms with Gasteiger partial charge in [0.05, 0.1) is 12.1 Å². The molecule has 1 aromatic carbocycles. The number of nitrogens with zero attached hydrogens (tertiary/aromatic N) is 2. The van der Waals surface area contributed by atoms with Crippen molar-refractivity contribution in [2.24, 2.45) is 5.92 Å². The van der Waals surface area contributed by atoms with Crippen LogP contribution in [-0.2, 0) is 25.5 Å². The molecule has 294 valence electrons. The van der Waals surface area contributed by atoms with Crippen molar-refractivity contribution in [2.75, 3.05) is 30.9 Å². The Morgan fingerprint density at radius 1 is 1.02 bits per heavy atom. The highest BCUT2D eigenvalue weighted by Crippen LogP contribution is 2.29. The van der Waals surface area contributed by atoms with E-state index in [2.05, 4.69) is 20.9 Å². The van der Waals surface area contributed by atoms with Crippen LogP contribution in [0.25, 0.3) is 0 Å². The van der Waals surface area contributed by atoms with Crippen LogP contribution < -0.4 is 16.0 Å². The number of likely N-dealkylation sites (tertiary alicyclic amines) is 1. The number of hydrogen-bond donors (Lipinski definition) is 4. The number of amides is 4. The molecule has 15 heteroatoms. The number of aliphatic hydroxyl groups is 1. The molecule has 1 aliphatic heterocycles. The second kappa shape index (κ2) is 21.8. The second-order valence-electron chi connectivity index (χ2n) is 14.8. The first-order valence-electron chi connectivity index (χ1n) is 18.7. The number of ether oxygens (including phenoxy) is 2. The lowest BCUT2D eigenvalue weighted by Crippen LogP contribution is -2.56. The minimum Gasteiger partial charge on any atom is -0.444 e. The van der Waals surface area contributed by atoms with Crippen LogP contribution in [0.5, 0.6) is 0 Å². The summed E-state index contributed by atoms with van der Waals surface area (Å²) >= 11 is 4.57. The van der Waals surface area contributed by atoms with Crippen molar-refractivity contribution in [3.63, 3.8) is 0 Å². The van der Waals surface area contributed by atoms with Crippen molar-refractivity contribution in [1.29, 1.82) is 0 Å². The van der Waals surface area contributed by atoms with E-state index in [-0.39, 0.29) is 18.4 Å². The van der Waals surface area contributed by atoms with E-state index < -0.39 is 48.0 Å². The maximum Gasteiger partial charge on any atom is 0.410 e. The van der Waals surface area contributed by atoms with Crippen LogP contribution in [0, 0.1) is 5.92 Å². The van der Waals surface area contributed by atoms with E-state index in [4.69, 9.17) is 9.47 Å². The molecule has 2 aromatic rings. The number of aromatic nitrogens is 1. The summed E-state index contributed by atoms with van der Waals surface area (Å²) in [6.07, 6.45) is 8.51. The number of thiazole rings is 1. The Hall–Kier alpha value is -3.01. The zero-order valence-corrected chi connectivity index (χ0v) is 33.9. The maximum atomic E-state index is 13.9. The largest absolute Gasteiger partial charge is 0.444 e. The molecule has 0 radical (unpaired) electrons. The Labute approximate surface area is 326 Å². The van der Waals surface area contributed by atoms with Gasteiger partial charge in [0, 0.05) is 48.6 Å². The van der Waals surface area contributed by atoms with E-state index in [0.717, 1.165) is 35.6 Å². The highest BCUT2D eigenvalue weighted by Gasteiger charge is 2.34. The summed E-state index contributed by atoms with van der Waals surface area (Å²) in [6, 6.07) is 7.77. The van der Waals surface area contributed by atoms with Crippen LogP contribution in [0.1, 0.15) is 84.1 Å². The fourth-order valence-corrected chi connectivity index (χ4v) is 8.92. The average Bonchev–Trinajstić information content (AvgIpc) is 3.65. The van der Waals surface area contributed by atoms with Crippen molar-refractivity contribution in [3.05, 3.63) is 47.5 Å². The predicted molar refractivity (Wildman–Crippen MR) is 211 cm³/mol. The number of hydrogen-bond acceptors (Lipinski definition) is 11. The van der Waals surface area contributed by atoms with E-state index >= 15 is 0 Å². The topological polar surface area (TPSA) is 159 Å². The monoisotopic (exact) mass is 791 g/mol. The molecule has 1 aliphatic carbocycles. The summed E-state index contributed by atoms with van der Waals surface area (Å²) in [7, 11) is 0. The average molecular weight is 792 g/mol. The molecule has 4 amide bonds. The highest BCUT2D eigenvalue weighted by atomic mass is 32.2. The second-order valence-corrected chi connectivity index (χ2v) is 18.0. The van der Waals surface area contributed by atoms with Gasteiger partial charge >= 0.3 is 12.2 Å². The predicted octanol–water partition coefficient (Wildman–Crippen LogP) is 6.03. The molecule has 12 nitrogen and oxygen atoms in total. The van der Waals surface area contributed by atoms with Crippen LogP contribution in [0.15, 0.2) is 46.2 Å². The Kier molecular flexibility index (Phi) is 17.6. The molecule has 53 heavy (non-hydrogen) atoms. The standard InChI is InChI=1S/C38H57N5O7S3/c1-38(2,3)50-35(47)40-28-15-19-43(20-16-28)37(48)49-32(24-27-13-9-6-10-14-27)34(46)42-30(25-51-4)33(45)41-29(23-26-11-7-5-8-12-26)31(44)17-21-52-36-39-18-22-53-36/h6,9-10,13-14,18,22,26,28-32,44H,5,7-8,11-12,15-17,19-21,23-25H2,1-4H3,(H,40,47)(H,41,45)(H,42,46)/t29-,30-,31-,32-/m0/s1. The summed E-state index contributed by atoms with van der Waals surface area (Å²) < 4.78 is 12.2. The SMILES string of the molecule is CSC[C@H](NC(=O)[C@H](Cc1ccccc1)OC(=O)N1CCC(NC(=O)OC(C)(C)C)CC1)C(=O)N[C@@H](CC1CCCCC1)[C@@H](O)CCSc1nccs1. The fraction of sp³-hybridized carbons (Fsp3) is 0.658. The van der Waals surface area contributed by atoms with Crippen molar-refractivity contribution < 1.29 is 33.8 Å². The van der Waals surface area contributed by atoms with E-state index in [1.807, 2.05) is 42.0 Å². The number of nitrogens with one attached hydrogen (secondary N) is 3. The van der Waals surface area contributed by atoms with Gasteiger partial charge in [0.15, 0.2) is 6.10 Å². The Morgan fingerprint density at radius 2 is 1.74 bits per heavy atom. The third-order valence-electron chi connectivity index (χ3n) is 9.39. The number of carbonyl (C=O) groups is 4. The zero-order valence-electron chi connectivity index (χ0n) is 31.4. The van der Waals surface area contributed by atoms with Gasteiger partial charge in [-0.2, -0.15) is 11.8 Å². The number of thioether (sulfide) groups is 2. The smallest absolute Gasteiger partial charge is 0.410 e. The molecule has 2 fully saturated rings. The van der Waals surface area contributed by atoms with Gasteiger partial charge in [-0.1, -0.05) is 74.2 Å². The van der Waals surface area contributed by atoms with Gasteiger partial charge in [-0.15, -0.1) is 11.3 Å². The van der Waals surface area contributed by atoms with Gasteiger partial charge < -0.3 is 35.4 Å². The van der Waals surface area contributed by atoms with Crippen molar-refractivity contribution in [2.45, 2.75) is 125 Å². The van der Waals surface area contributed by atoms with Crippen LogP contribution in [0.2, 0.25) is 0 Å². The van der Waals surface area contributed by atoms with Gasteiger partial charge in [-0.05, 0) is 64.2 Å². The number of benzene rings is 1. The fourth-order valence-electron chi connectivity index (χ4n) is 6.63. The van der Waals surface area contributed by atoms with Gasteiger partial charge in [0.1, 0.15) is 16.0 Å². The molecular weight excluding hydrogens is 735 g/mol. The van der Waals surface area contributed by atoms with E-state index in [0.29, 0.717) is 56.2 Å². The summed E-state index contributed by atoms with van der Waals surface area (Å²) in [6.45, 7) is 6.08. The number of alkyl carbamates (subject to hydrolysis) is 1. The summed E-state index contributed by atoms with van der Waals surface area (Å²) in [5.41, 5.74) is 0.190. The summed E-state index contributed by atoms with van der Waals surface area (Å²) in [5, 5.41) is 22.2. The number of piperidine rings is 1. The first-order valence-corrected chi connectivity index (χ1v) is 21.9. The Balaban J connectivity index is 1.39. The number of aliphatic hydroxyl groups excluding tert-OH is 1. The van der Waals surface area contributed by atoms with Crippen molar-refractivity contribution in [3.8, 4) is 0 Å². The van der Waals surface area contributed by atoms with E-state index in [9.17, 15) is 24.3 Å². The van der Waals surface area contributed by atoms with Crippen LogP contribution in [0.3, 0.4) is 0 Å². The molecule has 0 bridgehead atoms. The molecule has 1 aromatic heterocycles. The lowest BCUT2D eigenvalue weighted by molar-refractivity contribution is -0.134. The summed E-state index contributed by atoms with van der Waals surface area (Å²) in [5.74, 6) is 0.443. The third-order valence-corrected chi connectivity index (χ3v) is 12.1. The number of rotatable bonds is 17. The minimum atomic E-state index is -1.19. The quantitative estimate of drug-likeness (QED) is 0.140. The van der Waals surface area contributed by atoms with Crippen LogP contribution >= 0.6 is 34.9 Å². The molecule has 0 unspecified atom stereocenters. The van der Waals surface area contributed by atoms with Crippen LogP contribution in [0.4, 0.5) is 9.59 Å². The highest BCUT2D eigenvalue weighted by molar-refractivity contribution is 8.01. The Morgan fingerprint density at radius 3 is 2.38 bits per heavy atom. The molecular formula is C38H57N5O7S3. The lowest BCUT2D eigenvalue weighted by Gasteiger charge is -2.33. The van der Waals surface area contributed by atoms with Crippen LogP contribution in [-0.4, -0.2) is 106 Å². The first kappa shape index (κ1) is 42.7. The molecule has 0 spiro atoms. The van der Waals surface area contributed by atoms with Gasteiger partial charge in [-0.25, -0.2) is 14.6 Å². The maximum absolute atomic E-state index is 13.9. The normalized spacial score (nSPS) is 17.9. The first-order chi connectivity index (χ1) is 25.4. The van der Waals surface area contributed by atoms with E-state index in [1.54, 1.807) is 50.1 Å². The molecule has 2 aliphatic rings. The van der Waals surface area contributed by atoms with Gasteiger partial charge in [-0.3, -0.25) is 9.59 Å². The number of carbonyl (C=O) groups excluding carboxylic acids is 4. The van der Waals surface area contributed by atoms with Gasteiger partial charge in [0.25, 0.3) is 5.91 Å².